The summed E-state index contributed by atoms with van der Waals surface area (Å²) in [4.78, 5) is 29.7. The zero-order valence-electron chi connectivity index (χ0n) is 17.9. The predicted molar refractivity (Wildman–Crippen MR) is 122 cm³/mol. The van der Waals surface area contributed by atoms with Crippen LogP contribution in [0, 0.1) is 6.92 Å². The summed E-state index contributed by atoms with van der Waals surface area (Å²) in [5.74, 6) is -0.448. The normalized spacial score (nSPS) is 10.5. The van der Waals surface area contributed by atoms with Crippen LogP contribution in [0.3, 0.4) is 0 Å². The lowest BCUT2D eigenvalue weighted by atomic mass is 10.1. The number of ether oxygens (including phenoxy) is 1. The van der Waals surface area contributed by atoms with E-state index in [0.29, 0.717) is 42.3 Å². The lowest BCUT2D eigenvalue weighted by Gasteiger charge is -2.10. The third kappa shape index (κ3) is 6.23. The number of benzene rings is 2. The van der Waals surface area contributed by atoms with Gasteiger partial charge in [-0.25, -0.2) is 0 Å². The maximum atomic E-state index is 12.8. The van der Waals surface area contributed by atoms with E-state index in [-0.39, 0.29) is 11.8 Å². The van der Waals surface area contributed by atoms with E-state index in [0.717, 1.165) is 17.7 Å². The van der Waals surface area contributed by atoms with Gasteiger partial charge in [0.2, 0.25) is 0 Å². The SMILES string of the molecule is CCOCCCNC(=O)c1cccc(NC(=O)c2ccc(-c3ccccc3)nc2C)c1. The molecule has 0 radical (unpaired) electrons. The van der Waals surface area contributed by atoms with Gasteiger partial charge in [-0.2, -0.15) is 0 Å². The van der Waals surface area contributed by atoms with E-state index in [4.69, 9.17) is 4.74 Å². The van der Waals surface area contributed by atoms with E-state index < -0.39 is 0 Å². The summed E-state index contributed by atoms with van der Waals surface area (Å²) in [5.41, 5.74) is 3.99. The largest absolute Gasteiger partial charge is 0.382 e. The summed E-state index contributed by atoms with van der Waals surface area (Å²) in [6.07, 6.45) is 0.751. The van der Waals surface area contributed by atoms with Crippen molar-refractivity contribution in [2.75, 3.05) is 25.1 Å². The first kappa shape index (κ1) is 22.2. The van der Waals surface area contributed by atoms with Gasteiger partial charge in [-0.3, -0.25) is 14.6 Å². The Kier molecular flexibility index (Phi) is 7.90. The van der Waals surface area contributed by atoms with Crippen LogP contribution in [0.5, 0.6) is 0 Å². The number of carbonyl (C=O) groups is 2. The molecule has 0 aliphatic rings. The van der Waals surface area contributed by atoms with E-state index in [1.54, 1.807) is 30.3 Å². The molecule has 0 aliphatic heterocycles. The smallest absolute Gasteiger partial charge is 0.257 e. The average Bonchev–Trinajstić information content (AvgIpc) is 2.79. The zero-order valence-corrected chi connectivity index (χ0v) is 17.9. The van der Waals surface area contributed by atoms with Gasteiger partial charge in [-0.1, -0.05) is 36.4 Å². The molecule has 3 rings (SSSR count). The Morgan fingerprint density at radius 1 is 0.968 bits per heavy atom. The molecule has 0 fully saturated rings. The van der Waals surface area contributed by atoms with Gasteiger partial charge in [-0.05, 0) is 50.6 Å². The zero-order chi connectivity index (χ0) is 22.1. The molecule has 0 bridgehead atoms. The molecule has 0 saturated heterocycles. The quantitative estimate of drug-likeness (QED) is 0.504. The second-order valence-corrected chi connectivity index (χ2v) is 7.04. The van der Waals surface area contributed by atoms with Gasteiger partial charge in [-0.15, -0.1) is 0 Å². The fourth-order valence-electron chi connectivity index (χ4n) is 3.13. The Bertz CT molecular complexity index is 1040. The highest BCUT2D eigenvalue weighted by molar-refractivity contribution is 6.06. The molecule has 2 aromatic carbocycles. The highest BCUT2D eigenvalue weighted by Crippen LogP contribution is 2.20. The molecule has 0 unspecified atom stereocenters. The maximum Gasteiger partial charge on any atom is 0.257 e. The lowest BCUT2D eigenvalue weighted by molar-refractivity contribution is 0.0943. The maximum absolute atomic E-state index is 12.8. The number of hydrogen-bond acceptors (Lipinski definition) is 4. The standard InChI is InChI=1S/C25H27N3O3/c1-3-31-16-8-15-26-24(29)20-11-7-12-21(17-20)28-25(30)22-13-14-23(27-18(22)2)19-9-5-4-6-10-19/h4-7,9-14,17H,3,8,15-16H2,1-2H3,(H,26,29)(H,28,30). The fourth-order valence-corrected chi connectivity index (χ4v) is 3.13. The Balaban J connectivity index is 1.64. The number of rotatable bonds is 9. The van der Waals surface area contributed by atoms with E-state index in [1.165, 1.54) is 0 Å². The summed E-state index contributed by atoms with van der Waals surface area (Å²) < 4.78 is 5.26. The Labute approximate surface area is 182 Å². The minimum Gasteiger partial charge on any atom is -0.382 e. The van der Waals surface area contributed by atoms with Crippen LogP contribution in [0.4, 0.5) is 5.69 Å². The number of carbonyl (C=O) groups excluding carboxylic acids is 2. The van der Waals surface area contributed by atoms with Crippen LogP contribution in [0.2, 0.25) is 0 Å². The first-order valence-corrected chi connectivity index (χ1v) is 10.4. The summed E-state index contributed by atoms with van der Waals surface area (Å²) in [7, 11) is 0. The van der Waals surface area contributed by atoms with Crippen molar-refractivity contribution in [1.29, 1.82) is 0 Å². The van der Waals surface area contributed by atoms with Gasteiger partial charge in [0.15, 0.2) is 0 Å². The molecule has 1 heterocycles. The van der Waals surface area contributed by atoms with Crippen molar-refractivity contribution in [3.05, 3.63) is 83.6 Å². The Hall–Kier alpha value is -3.51. The van der Waals surface area contributed by atoms with E-state index >= 15 is 0 Å². The van der Waals surface area contributed by atoms with Crippen LogP contribution in [0.1, 0.15) is 39.8 Å². The topological polar surface area (TPSA) is 80.3 Å². The number of nitrogens with zero attached hydrogens (tertiary/aromatic N) is 1. The number of hydrogen-bond donors (Lipinski definition) is 2. The fraction of sp³-hybridized carbons (Fsp3) is 0.240. The molecule has 2 N–H and O–H groups in total. The average molecular weight is 418 g/mol. The van der Waals surface area contributed by atoms with Crippen molar-refractivity contribution >= 4 is 17.5 Å². The monoisotopic (exact) mass is 417 g/mol. The van der Waals surface area contributed by atoms with Crippen molar-refractivity contribution in [1.82, 2.24) is 10.3 Å². The Morgan fingerprint density at radius 3 is 2.52 bits per heavy atom. The van der Waals surface area contributed by atoms with Crippen LogP contribution in [-0.4, -0.2) is 36.6 Å². The molecule has 160 valence electrons. The van der Waals surface area contributed by atoms with E-state index in [9.17, 15) is 9.59 Å². The molecule has 6 nitrogen and oxygen atoms in total. The number of pyridine rings is 1. The van der Waals surface area contributed by atoms with Gasteiger partial charge in [0, 0.05) is 36.6 Å². The van der Waals surface area contributed by atoms with Crippen molar-refractivity contribution in [2.45, 2.75) is 20.3 Å². The molecule has 31 heavy (non-hydrogen) atoms. The molecule has 0 spiro atoms. The lowest BCUT2D eigenvalue weighted by Crippen LogP contribution is -2.25. The van der Waals surface area contributed by atoms with Crippen LogP contribution in [-0.2, 0) is 4.74 Å². The van der Waals surface area contributed by atoms with Crippen molar-refractivity contribution in [3.8, 4) is 11.3 Å². The van der Waals surface area contributed by atoms with E-state index in [1.807, 2.05) is 50.2 Å². The van der Waals surface area contributed by atoms with E-state index in [2.05, 4.69) is 15.6 Å². The minimum atomic E-state index is -0.265. The number of nitrogens with one attached hydrogen (secondary N) is 2. The first-order valence-electron chi connectivity index (χ1n) is 10.4. The van der Waals surface area contributed by atoms with Crippen molar-refractivity contribution in [2.24, 2.45) is 0 Å². The Morgan fingerprint density at radius 2 is 1.77 bits per heavy atom. The summed E-state index contributed by atoms with van der Waals surface area (Å²) in [5, 5.41) is 5.72. The van der Waals surface area contributed by atoms with Gasteiger partial charge in [0.25, 0.3) is 11.8 Å². The molecular formula is C25H27N3O3. The molecule has 0 atom stereocenters. The van der Waals surface area contributed by atoms with Gasteiger partial charge >= 0.3 is 0 Å². The number of aryl methyl sites for hydroxylation is 1. The first-order chi connectivity index (χ1) is 15.1. The van der Waals surface area contributed by atoms with Crippen LogP contribution >= 0.6 is 0 Å². The third-order valence-corrected chi connectivity index (χ3v) is 4.74. The number of anilines is 1. The molecule has 0 aliphatic carbocycles. The molecular weight excluding hydrogens is 390 g/mol. The highest BCUT2D eigenvalue weighted by Gasteiger charge is 2.13. The molecule has 0 saturated carbocycles. The van der Waals surface area contributed by atoms with Crippen LogP contribution in [0.15, 0.2) is 66.7 Å². The predicted octanol–water partition coefficient (Wildman–Crippen LogP) is 4.47. The minimum absolute atomic E-state index is 0.183. The van der Waals surface area contributed by atoms with Gasteiger partial charge in [0.05, 0.1) is 17.0 Å². The summed E-state index contributed by atoms with van der Waals surface area (Å²) >= 11 is 0. The summed E-state index contributed by atoms with van der Waals surface area (Å²) in [6.45, 7) is 5.57. The van der Waals surface area contributed by atoms with Crippen molar-refractivity contribution in [3.63, 3.8) is 0 Å². The number of amides is 2. The van der Waals surface area contributed by atoms with Crippen molar-refractivity contribution < 1.29 is 14.3 Å². The molecule has 2 amide bonds. The third-order valence-electron chi connectivity index (χ3n) is 4.74. The van der Waals surface area contributed by atoms with Crippen LogP contribution in [0.25, 0.3) is 11.3 Å². The van der Waals surface area contributed by atoms with Gasteiger partial charge < -0.3 is 15.4 Å². The number of aromatic nitrogens is 1. The molecule has 1 aromatic heterocycles. The second kappa shape index (κ2) is 11.0. The van der Waals surface area contributed by atoms with Crippen LogP contribution < -0.4 is 10.6 Å². The van der Waals surface area contributed by atoms with Gasteiger partial charge in [0.1, 0.15) is 0 Å². The highest BCUT2D eigenvalue weighted by atomic mass is 16.5. The second-order valence-electron chi connectivity index (χ2n) is 7.04. The molecule has 3 aromatic rings. The summed E-state index contributed by atoms with van der Waals surface area (Å²) in [6, 6.07) is 20.3. The molecule has 6 heteroatoms.